The SMILES string of the molecule is CC(=O)c1ccc(OCC(=O)NCc2nc(-c3cccc(NC(=O)C4CCOCC4)c3)oc2C)cc1. The molecular formula is C27H29N3O6. The maximum atomic E-state index is 12.5. The first kappa shape index (κ1) is 25.1. The molecule has 1 fully saturated rings. The molecule has 188 valence electrons. The maximum absolute atomic E-state index is 12.5. The van der Waals surface area contributed by atoms with Gasteiger partial charge in [-0.2, -0.15) is 0 Å². The molecule has 1 aliphatic rings. The minimum atomic E-state index is -0.313. The highest BCUT2D eigenvalue weighted by molar-refractivity contribution is 5.94. The van der Waals surface area contributed by atoms with Crippen LogP contribution in [0.1, 0.15) is 41.6 Å². The second-order valence-electron chi connectivity index (χ2n) is 8.62. The molecule has 2 N–H and O–H groups in total. The Balaban J connectivity index is 1.31. The highest BCUT2D eigenvalue weighted by Gasteiger charge is 2.22. The fourth-order valence-corrected chi connectivity index (χ4v) is 3.82. The van der Waals surface area contributed by atoms with E-state index in [2.05, 4.69) is 15.6 Å². The van der Waals surface area contributed by atoms with Gasteiger partial charge in [-0.3, -0.25) is 14.4 Å². The number of aryl methyl sites for hydroxylation is 1. The van der Waals surface area contributed by atoms with Crippen LogP contribution in [0.25, 0.3) is 11.5 Å². The van der Waals surface area contributed by atoms with Gasteiger partial charge in [0, 0.05) is 35.9 Å². The molecule has 36 heavy (non-hydrogen) atoms. The standard InChI is InChI=1S/C27H29N3O6/c1-17(31)19-6-8-23(9-7-19)35-16-25(32)28-15-24-18(2)36-27(30-24)21-4-3-5-22(14-21)29-26(33)20-10-12-34-13-11-20/h3-9,14,20H,10-13,15-16H2,1-2H3,(H,28,32)(H,29,33). The summed E-state index contributed by atoms with van der Waals surface area (Å²) in [5.41, 5.74) is 2.57. The average molecular weight is 492 g/mol. The van der Waals surface area contributed by atoms with Crippen LogP contribution in [0.4, 0.5) is 5.69 Å². The molecule has 0 unspecified atom stereocenters. The first-order chi connectivity index (χ1) is 17.4. The molecule has 0 radical (unpaired) electrons. The quantitative estimate of drug-likeness (QED) is 0.436. The fraction of sp³-hybridized carbons (Fsp3) is 0.333. The van der Waals surface area contributed by atoms with Crippen LogP contribution < -0.4 is 15.4 Å². The summed E-state index contributed by atoms with van der Waals surface area (Å²) < 4.78 is 16.6. The van der Waals surface area contributed by atoms with Gasteiger partial charge in [-0.15, -0.1) is 0 Å². The molecule has 0 saturated carbocycles. The summed E-state index contributed by atoms with van der Waals surface area (Å²) in [7, 11) is 0. The lowest BCUT2D eigenvalue weighted by molar-refractivity contribution is -0.123. The van der Waals surface area contributed by atoms with Crippen molar-refractivity contribution in [1.82, 2.24) is 10.3 Å². The van der Waals surface area contributed by atoms with Crippen LogP contribution in [-0.2, 0) is 20.9 Å². The molecule has 0 spiro atoms. The molecule has 0 aliphatic carbocycles. The molecule has 0 atom stereocenters. The van der Waals surface area contributed by atoms with Crippen molar-refractivity contribution in [2.75, 3.05) is 25.1 Å². The van der Waals surface area contributed by atoms with Crippen LogP contribution in [0.5, 0.6) is 5.75 Å². The Hall–Kier alpha value is -3.98. The average Bonchev–Trinajstić information content (AvgIpc) is 3.27. The van der Waals surface area contributed by atoms with Crippen LogP contribution >= 0.6 is 0 Å². The van der Waals surface area contributed by atoms with Crippen molar-refractivity contribution in [1.29, 1.82) is 0 Å². The van der Waals surface area contributed by atoms with Gasteiger partial charge < -0.3 is 24.5 Å². The minimum Gasteiger partial charge on any atom is -0.484 e. The summed E-state index contributed by atoms with van der Waals surface area (Å²) in [6.07, 6.45) is 1.44. The minimum absolute atomic E-state index is 0.0144. The van der Waals surface area contributed by atoms with Crippen molar-refractivity contribution >= 4 is 23.3 Å². The first-order valence-corrected chi connectivity index (χ1v) is 11.8. The van der Waals surface area contributed by atoms with Crippen LogP contribution in [0, 0.1) is 12.8 Å². The second-order valence-corrected chi connectivity index (χ2v) is 8.62. The summed E-state index contributed by atoms with van der Waals surface area (Å²) in [6, 6.07) is 13.9. The van der Waals surface area contributed by atoms with E-state index in [0.717, 1.165) is 18.4 Å². The van der Waals surface area contributed by atoms with Gasteiger partial charge in [0.05, 0.1) is 6.54 Å². The molecule has 1 aliphatic heterocycles. The van der Waals surface area contributed by atoms with Gasteiger partial charge in [0.15, 0.2) is 12.4 Å². The third-order valence-corrected chi connectivity index (χ3v) is 5.95. The number of anilines is 1. The van der Waals surface area contributed by atoms with Crippen LogP contribution in [0.15, 0.2) is 52.9 Å². The van der Waals surface area contributed by atoms with E-state index in [4.69, 9.17) is 13.9 Å². The monoisotopic (exact) mass is 491 g/mol. The van der Waals surface area contributed by atoms with Gasteiger partial charge in [-0.05, 0) is 69.2 Å². The Bertz CT molecular complexity index is 1230. The number of nitrogens with one attached hydrogen (secondary N) is 2. The number of aromatic nitrogens is 1. The molecule has 2 heterocycles. The predicted octanol–water partition coefficient (Wildman–Crippen LogP) is 3.91. The number of amides is 2. The third-order valence-electron chi connectivity index (χ3n) is 5.95. The maximum Gasteiger partial charge on any atom is 0.258 e. The smallest absolute Gasteiger partial charge is 0.258 e. The molecule has 1 saturated heterocycles. The van der Waals surface area contributed by atoms with Crippen LogP contribution in [-0.4, -0.2) is 42.4 Å². The summed E-state index contributed by atoms with van der Waals surface area (Å²) in [5, 5.41) is 5.74. The summed E-state index contributed by atoms with van der Waals surface area (Å²) >= 11 is 0. The number of ether oxygens (including phenoxy) is 2. The van der Waals surface area contributed by atoms with E-state index in [9.17, 15) is 14.4 Å². The Labute approximate surface area is 209 Å². The topological polar surface area (TPSA) is 120 Å². The number of rotatable bonds is 9. The van der Waals surface area contributed by atoms with E-state index in [1.807, 2.05) is 24.3 Å². The number of nitrogens with zero attached hydrogens (tertiary/aromatic N) is 1. The summed E-state index contributed by atoms with van der Waals surface area (Å²) in [6.45, 7) is 4.49. The van der Waals surface area contributed by atoms with E-state index < -0.39 is 0 Å². The van der Waals surface area contributed by atoms with Gasteiger partial charge in [-0.25, -0.2) is 4.98 Å². The highest BCUT2D eigenvalue weighted by Crippen LogP contribution is 2.25. The lowest BCUT2D eigenvalue weighted by Crippen LogP contribution is -2.28. The number of carbonyl (C=O) groups excluding carboxylic acids is 3. The van der Waals surface area contributed by atoms with Gasteiger partial charge >= 0.3 is 0 Å². The molecule has 9 nitrogen and oxygen atoms in total. The summed E-state index contributed by atoms with van der Waals surface area (Å²) in [4.78, 5) is 40.6. The number of carbonyl (C=O) groups is 3. The van der Waals surface area contributed by atoms with Crippen molar-refractivity contribution < 1.29 is 28.3 Å². The summed E-state index contributed by atoms with van der Waals surface area (Å²) in [5.74, 6) is 1.08. The van der Waals surface area contributed by atoms with Crippen molar-refractivity contribution in [3.05, 3.63) is 65.5 Å². The Morgan fingerprint density at radius 1 is 1.08 bits per heavy atom. The van der Waals surface area contributed by atoms with Gasteiger partial charge in [0.1, 0.15) is 17.2 Å². The van der Waals surface area contributed by atoms with Crippen molar-refractivity contribution in [3.63, 3.8) is 0 Å². The highest BCUT2D eigenvalue weighted by atomic mass is 16.5. The van der Waals surface area contributed by atoms with Crippen LogP contribution in [0.3, 0.4) is 0 Å². The molecule has 9 heteroatoms. The lowest BCUT2D eigenvalue weighted by Gasteiger charge is -2.21. The molecule has 1 aromatic heterocycles. The fourth-order valence-electron chi connectivity index (χ4n) is 3.82. The van der Waals surface area contributed by atoms with E-state index in [1.165, 1.54) is 6.92 Å². The zero-order valence-electron chi connectivity index (χ0n) is 20.3. The van der Waals surface area contributed by atoms with E-state index >= 15 is 0 Å². The molecule has 0 bridgehead atoms. The predicted molar refractivity (Wildman–Crippen MR) is 133 cm³/mol. The Morgan fingerprint density at radius 2 is 1.83 bits per heavy atom. The van der Waals surface area contributed by atoms with Gasteiger partial charge in [-0.1, -0.05) is 6.07 Å². The number of benzene rings is 2. The Kier molecular flexibility index (Phi) is 8.12. The van der Waals surface area contributed by atoms with Crippen molar-refractivity contribution in [2.24, 2.45) is 5.92 Å². The van der Waals surface area contributed by atoms with Crippen LogP contribution in [0.2, 0.25) is 0 Å². The Morgan fingerprint density at radius 3 is 2.56 bits per heavy atom. The third kappa shape index (κ3) is 6.57. The molecule has 4 rings (SSSR count). The second kappa shape index (κ2) is 11.6. The molecule has 3 aromatic rings. The number of ketones is 1. The largest absolute Gasteiger partial charge is 0.484 e. The number of hydrogen-bond donors (Lipinski definition) is 2. The number of Topliss-reactive ketones (excluding diaryl/α,β-unsaturated/α-hetero) is 1. The van der Waals surface area contributed by atoms with E-state index in [0.29, 0.717) is 47.6 Å². The molecule has 2 aromatic carbocycles. The zero-order valence-corrected chi connectivity index (χ0v) is 20.3. The first-order valence-electron chi connectivity index (χ1n) is 11.8. The normalized spacial score (nSPS) is 13.7. The lowest BCUT2D eigenvalue weighted by atomic mass is 9.99. The zero-order chi connectivity index (χ0) is 25.5. The van der Waals surface area contributed by atoms with E-state index in [-0.39, 0.29) is 36.7 Å². The molecular weight excluding hydrogens is 462 g/mol. The number of hydrogen-bond acceptors (Lipinski definition) is 7. The molecule has 2 amide bonds. The number of oxazole rings is 1. The van der Waals surface area contributed by atoms with Gasteiger partial charge in [0.2, 0.25) is 11.8 Å². The van der Waals surface area contributed by atoms with Crippen molar-refractivity contribution in [2.45, 2.75) is 33.2 Å². The van der Waals surface area contributed by atoms with E-state index in [1.54, 1.807) is 31.2 Å². The van der Waals surface area contributed by atoms with Gasteiger partial charge in [0.25, 0.3) is 5.91 Å². The van der Waals surface area contributed by atoms with Crippen molar-refractivity contribution in [3.8, 4) is 17.2 Å².